The van der Waals surface area contributed by atoms with E-state index in [1.807, 2.05) is 6.07 Å². The van der Waals surface area contributed by atoms with Crippen molar-refractivity contribution < 1.29 is 8.42 Å². The number of rotatable bonds is 3. The molecular weight excluding hydrogens is 258 g/mol. The minimum Gasteiger partial charge on any atom is -0.297 e. The molecule has 96 valence electrons. The van der Waals surface area contributed by atoms with Gasteiger partial charge in [-0.1, -0.05) is 6.07 Å². The van der Waals surface area contributed by atoms with Crippen molar-refractivity contribution in [3.05, 3.63) is 22.4 Å². The van der Waals surface area contributed by atoms with Crippen molar-refractivity contribution >= 4 is 21.5 Å². The van der Waals surface area contributed by atoms with Gasteiger partial charge in [0.1, 0.15) is 0 Å². The third-order valence-electron chi connectivity index (χ3n) is 2.87. The lowest BCUT2D eigenvalue weighted by Crippen LogP contribution is -2.39. The van der Waals surface area contributed by atoms with Gasteiger partial charge in [-0.15, -0.1) is 11.3 Å². The van der Waals surface area contributed by atoms with Gasteiger partial charge in [-0.3, -0.25) is 4.90 Å². The van der Waals surface area contributed by atoms with Gasteiger partial charge in [-0.05, 0) is 24.4 Å². The van der Waals surface area contributed by atoms with Gasteiger partial charge < -0.3 is 0 Å². The van der Waals surface area contributed by atoms with E-state index >= 15 is 0 Å². The average Bonchev–Trinajstić information content (AvgIpc) is 2.61. The number of nitrogens with zero attached hydrogens (tertiary/aromatic N) is 2. The van der Waals surface area contributed by atoms with Gasteiger partial charge in [0.05, 0.1) is 0 Å². The molecule has 2 N–H and O–H groups in total. The van der Waals surface area contributed by atoms with E-state index in [-0.39, 0.29) is 0 Å². The molecule has 2 rings (SSSR count). The summed E-state index contributed by atoms with van der Waals surface area (Å²) in [5.74, 6) is 0. The van der Waals surface area contributed by atoms with E-state index in [1.165, 1.54) is 9.18 Å². The Bertz CT molecular complexity index is 444. The van der Waals surface area contributed by atoms with Crippen LogP contribution in [0.4, 0.5) is 0 Å². The summed E-state index contributed by atoms with van der Waals surface area (Å²) in [6.45, 7) is 3.58. The van der Waals surface area contributed by atoms with Gasteiger partial charge in [0.2, 0.25) is 0 Å². The summed E-state index contributed by atoms with van der Waals surface area (Å²) in [7, 11) is -3.53. The second-order valence-electron chi connectivity index (χ2n) is 4.15. The summed E-state index contributed by atoms with van der Waals surface area (Å²) in [5.41, 5.74) is 0. The fourth-order valence-electron chi connectivity index (χ4n) is 1.98. The molecule has 0 unspecified atom stereocenters. The van der Waals surface area contributed by atoms with Gasteiger partial charge in [-0.25, -0.2) is 5.14 Å². The van der Waals surface area contributed by atoms with Crippen LogP contribution in [0.3, 0.4) is 0 Å². The first-order valence-electron chi connectivity index (χ1n) is 5.58. The lowest BCUT2D eigenvalue weighted by molar-refractivity contribution is 0.281. The molecule has 1 saturated heterocycles. The lowest BCUT2D eigenvalue weighted by atomic mass is 10.3. The van der Waals surface area contributed by atoms with Crippen molar-refractivity contribution in [1.29, 1.82) is 0 Å². The topological polar surface area (TPSA) is 66.6 Å². The van der Waals surface area contributed by atoms with Crippen LogP contribution in [-0.4, -0.2) is 43.8 Å². The van der Waals surface area contributed by atoms with Crippen molar-refractivity contribution in [3.8, 4) is 0 Å². The van der Waals surface area contributed by atoms with E-state index in [4.69, 9.17) is 5.14 Å². The molecule has 5 nitrogen and oxygen atoms in total. The smallest absolute Gasteiger partial charge is 0.276 e. The van der Waals surface area contributed by atoms with Crippen molar-refractivity contribution in [2.24, 2.45) is 5.14 Å². The normalized spacial score (nSPS) is 20.3. The fraction of sp³-hybridized carbons (Fsp3) is 0.600. The molecule has 1 fully saturated rings. The molecule has 0 aromatic carbocycles. The molecule has 0 radical (unpaired) electrons. The third-order valence-corrected chi connectivity index (χ3v) is 4.81. The zero-order chi connectivity index (χ0) is 12.3. The molecule has 0 atom stereocenters. The summed E-state index contributed by atoms with van der Waals surface area (Å²) in [6.07, 6.45) is 0.835. The molecule has 0 aliphatic carbocycles. The first-order valence-corrected chi connectivity index (χ1v) is 7.96. The summed E-state index contributed by atoms with van der Waals surface area (Å²) < 4.78 is 23.9. The number of hydrogen-bond acceptors (Lipinski definition) is 4. The quantitative estimate of drug-likeness (QED) is 0.871. The van der Waals surface area contributed by atoms with E-state index in [2.05, 4.69) is 16.3 Å². The minimum atomic E-state index is -3.53. The van der Waals surface area contributed by atoms with Crippen molar-refractivity contribution in [2.45, 2.75) is 13.0 Å². The highest BCUT2D eigenvalue weighted by molar-refractivity contribution is 7.86. The Morgan fingerprint density at radius 3 is 2.76 bits per heavy atom. The van der Waals surface area contributed by atoms with Crippen LogP contribution >= 0.6 is 11.3 Å². The molecule has 1 aromatic rings. The summed E-state index contributed by atoms with van der Waals surface area (Å²) in [4.78, 5) is 3.59. The van der Waals surface area contributed by atoms with Crippen LogP contribution in [0.1, 0.15) is 11.3 Å². The SMILES string of the molecule is NS(=O)(=O)N1CCCN(Cc2cccs2)CC1. The summed E-state index contributed by atoms with van der Waals surface area (Å²) in [5, 5.41) is 7.20. The Hall–Kier alpha value is -0.470. The Labute approximate surface area is 106 Å². The molecule has 1 aromatic heterocycles. The molecule has 7 heteroatoms. The number of nitrogens with two attached hydrogens (primary N) is 1. The Morgan fingerprint density at radius 2 is 2.12 bits per heavy atom. The Morgan fingerprint density at radius 1 is 1.29 bits per heavy atom. The van der Waals surface area contributed by atoms with Crippen LogP contribution in [0, 0.1) is 0 Å². The van der Waals surface area contributed by atoms with E-state index < -0.39 is 10.2 Å². The lowest BCUT2D eigenvalue weighted by Gasteiger charge is -2.19. The van der Waals surface area contributed by atoms with Crippen LogP contribution in [0.2, 0.25) is 0 Å². The van der Waals surface area contributed by atoms with E-state index in [0.29, 0.717) is 13.1 Å². The Balaban J connectivity index is 1.92. The average molecular weight is 275 g/mol. The largest absolute Gasteiger partial charge is 0.297 e. The minimum absolute atomic E-state index is 0.490. The van der Waals surface area contributed by atoms with E-state index in [0.717, 1.165) is 26.1 Å². The number of hydrogen-bond donors (Lipinski definition) is 1. The molecule has 0 spiro atoms. The molecule has 2 heterocycles. The maximum absolute atomic E-state index is 11.2. The van der Waals surface area contributed by atoms with Crippen LogP contribution in [0.15, 0.2) is 17.5 Å². The third kappa shape index (κ3) is 3.75. The maximum atomic E-state index is 11.2. The van der Waals surface area contributed by atoms with Crippen LogP contribution in [0.25, 0.3) is 0 Å². The number of thiophene rings is 1. The molecule has 17 heavy (non-hydrogen) atoms. The van der Waals surface area contributed by atoms with Gasteiger partial charge in [0.15, 0.2) is 0 Å². The Kier molecular flexibility index (Phi) is 4.16. The monoisotopic (exact) mass is 275 g/mol. The standard InChI is InChI=1S/C10H17N3O2S2/c11-17(14,15)13-5-2-4-12(6-7-13)9-10-3-1-8-16-10/h1,3,8H,2,4-7,9H2,(H2,11,14,15). The predicted octanol–water partition coefficient (Wildman–Crippen LogP) is 0.459. The maximum Gasteiger partial charge on any atom is 0.276 e. The fourth-order valence-corrected chi connectivity index (χ4v) is 3.45. The van der Waals surface area contributed by atoms with E-state index in [1.54, 1.807) is 11.3 Å². The van der Waals surface area contributed by atoms with Crippen molar-refractivity contribution in [3.63, 3.8) is 0 Å². The second-order valence-corrected chi connectivity index (χ2v) is 6.73. The van der Waals surface area contributed by atoms with Gasteiger partial charge >= 0.3 is 0 Å². The zero-order valence-electron chi connectivity index (χ0n) is 9.58. The highest BCUT2D eigenvalue weighted by Gasteiger charge is 2.21. The van der Waals surface area contributed by atoms with Crippen molar-refractivity contribution in [2.75, 3.05) is 26.2 Å². The molecule has 1 aliphatic rings. The molecule has 1 aliphatic heterocycles. The highest BCUT2D eigenvalue weighted by Crippen LogP contribution is 2.14. The molecule has 0 amide bonds. The first-order chi connectivity index (χ1) is 8.05. The second kappa shape index (κ2) is 5.45. The zero-order valence-corrected chi connectivity index (χ0v) is 11.2. The molecule has 0 bridgehead atoms. The predicted molar refractivity (Wildman–Crippen MR) is 68.9 cm³/mol. The van der Waals surface area contributed by atoms with Gasteiger partial charge in [-0.2, -0.15) is 12.7 Å². The summed E-state index contributed by atoms with van der Waals surface area (Å²) in [6, 6.07) is 4.14. The van der Waals surface area contributed by atoms with E-state index in [9.17, 15) is 8.42 Å². The highest BCUT2D eigenvalue weighted by atomic mass is 32.2. The van der Waals surface area contributed by atoms with Crippen LogP contribution in [0.5, 0.6) is 0 Å². The van der Waals surface area contributed by atoms with Gasteiger partial charge in [0.25, 0.3) is 10.2 Å². The van der Waals surface area contributed by atoms with Gasteiger partial charge in [0, 0.05) is 31.1 Å². The molecular formula is C10H17N3O2S2. The van der Waals surface area contributed by atoms with Crippen molar-refractivity contribution in [1.82, 2.24) is 9.21 Å². The summed E-state index contributed by atoms with van der Waals surface area (Å²) >= 11 is 1.73. The molecule has 0 saturated carbocycles. The van der Waals surface area contributed by atoms with Crippen LogP contribution in [-0.2, 0) is 16.8 Å². The van der Waals surface area contributed by atoms with Crippen LogP contribution < -0.4 is 5.14 Å². The first kappa shape index (κ1) is 13.0.